The van der Waals surface area contributed by atoms with Crippen molar-refractivity contribution in [1.82, 2.24) is 19.5 Å². The molecular weight excluding hydrogens is 402 g/mol. The maximum atomic E-state index is 12.7. The highest BCUT2D eigenvalue weighted by atomic mass is 16.5. The number of carbonyl (C=O) groups excluding carboxylic acids is 1. The lowest BCUT2D eigenvalue weighted by Crippen LogP contribution is -2.11. The summed E-state index contributed by atoms with van der Waals surface area (Å²) in [7, 11) is 0. The summed E-state index contributed by atoms with van der Waals surface area (Å²) in [5.74, 6) is 2.12. The third kappa shape index (κ3) is 4.17. The number of ether oxygens (including phenoxy) is 1. The van der Waals surface area contributed by atoms with E-state index in [9.17, 15) is 4.79 Å². The van der Waals surface area contributed by atoms with Gasteiger partial charge >= 0.3 is 0 Å². The molecule has 1 amide bonds. The maximum absolute atomic E-state index is 12.7. The average Bonchev–Trinajstić information content (AvgIpc) is 3.35. The van der Waals surface area contributed by atoms with Crippen LogP contribution in [-0.4, -0.2) is 25.4 Å². The van der Waals surface area contributed by atoms with Gasteiger partial charge in [-0.1, -0.05) is 30.3 Å². The minimum atomic E-state index is -0.166. The van der Waals surface area contributed by atoms with Crippen molar-refractivity contribution >= 4 is 22.4 Å². The number of hydrogen-bond acceptors (Lipinski definition) is 5. The molecule has 156 valence electrons. The zero-order valence-electron chi connectivity index (χ0n) is 17.3. The van der Waals surface area contributed by atoms with Crippen molar-refractivity contribution in [2.75, 3.05) is 5.32 Å². The Labute approximate surface area is 184 Å². The van der Waals surface area contributed by atoms with Gasteiger partial charge in [0.05, 0.1) is 0 Å². The van der Waals surface area contributed by atoms with Crippen LogP contribution in [-0.2, 0) is 0 Å². The zero-order chi connectivity index (χ0) is 21.9. The van der Waals surface area contributed by atoms with E-state index in [1.165, 1.54) is 0 Å². The first kappa shape index (κ1) is 19.4. The standard InChI is InChI=1S/C25H19N5O2/c1-17-27-23(30-13-12-26-16-30)15-24(28-17)32-22-10-8-21(9-11-22)29-25(31)20-7-6-18-4-2-3-5-19(18)14-20/h2-16H,1H3,(H,29,31). The Morgan fingerprint density at radius 1 is 0.938 bits per heavy atom. The fourth-order valence-corrected chi connectivity index (χ4v) is 3.37. The van der Waals surface area contributed by atoms with Gasteiger partial charge in [-0.05, 0) is 54.1 Å². The van der Waals surface area contributed by atoms with Crippen LogP contribution in [0, 0.1) is 6.92 Å². The molecule has 0 aliphatic rings. The normalized spacial score (nSPS) is 10.8. The third-order valence-electron chi connectivity index (χ3n) is 4.92. The Morgan fingerprint density at radius 2 is 1.75 bits per heavy atom. The van der Waals surface area contributed by atoms with Gasteiger partial charge in [-0.2, -0.15) is 4.98 Å². The van der Waals surface area contributed by atoms with Gasteiger partial charge in [0.25, 0.3) is 5.91 Å². The van der Waals surface area contributed by atoms with E-state index in [0.29, 0.717) is 34.5 Å². The second kappa shape index (κ2) is 8.31. The maximum Gasteiger partial charge on any atom is 0.255 e. The molecule has 5 aromatic rings. The average molecular weight is 421 g/mol. The van der Waals surface area contributed by atoms with Crippen molar-refractivity contribution in [3.8, 4) is 17.4 Å². The summed E-state index contributed by atoms with van der Waals surface area (Å²) in [6, 6.07) is 22.5. The summed E-state index contributed by atoms with van der Waals surface area (Å²) >= 11 is 0. The first-order valence-corrected chi connectivity index (χ1v) is 10.1. The number of nitrogens with one attached hydrogen (secondary N) is 1. The van der Waals surface area contributed by atoms with E-state index in [4.69, 9.17) is 4.74 Å². The van der Waals surface area contributed by atoms with Gasteiger partial charge in [0.15, 0.2) is 0 Å². The van der Waals surface area contributed by atoms with Gasteiger partial charge in [0, 0.05) is 29.7 Å². The van der Waals surface area contributed by atoms with Gasteiger partial charge in [-0.15, -0.1) is 0 Å². The molecule has 3 aromatic carbocycles. The molecule has 7 nitrogen and oxygen atoms in total. The quantitative estimate of drug-likeness (QED) is 0.423. The van der Waals surface area contributed by atoms with Crippen LogP contribution >= 0.6 is 0 Å². The Hall–Kier alpha value is -4.52. The number of imidazole rings is 1. The summed E-state index contributed by atoms with van der Waals surface area (Å²) < 4.78 is 7.68. The van der Waals surface area contributed by atoms with Crippen molar-refractivity contribution in [1.29, 1.82) is 0 Å². The number of nitrogens with zero attached hydrogens (tertiary/aromatic N) is 4. The van der Waals surface area contributed by atoms with Crippen LogP contribution in [0.4, 0.5) is 5.69 Å². The number of rotatable bonds is 5. The second-order valence-corrected chi connectivity index (χ2v) is 7.22. The predicted octanol–water partition coefficient (Wildman–Crippen LogP) is 5.17. The summed E-state index contributed by atoms with van der Waals surface area (Å²) in [4.78, 5) is 25.4. The molecule has 0 fully saturated rings. The number of hydrogen-bond donors (Lipinski definition) is 1. The molecule has 0 atom stereocenters. The van der Waals surface area contributed by atoms with E-state index in [0.717, 1.165) is 10.8 Å². The molecule has 0 bridgehead atoms. The van der Waals surface area contributed by atoms with Crippen LogP contribution in [0.3, 0.4) is 0 Å². The Balaban J connectivity index is 1.29. The van der Waals surface area contributed by atoms with Crippen LogP contribution in [0.1, 0.15) is 16.2 Å². The molecule has 2 heterocycles. The summed E-state index contributed by atoms with van der Waals surface area (Å²) in [6.07, 6.45) is 5.15. The Morgan fingerprint density at radius 3 is 2.53 bits per heavy atom. The number of fused-ring (bicyclic) bond motifs is 1. The van der Waals surface area contributed by atoms with Crippen molar-refractivity contribution in [3.63, 3.8) is 0 Å². The van der Waals surface area contributed by atoms with E-state index in [-0.39, 0.29) is 5.91 Å². The molecule has 5 rings (SSSR count). The largest absolute Gasteiger partial charge is 0.439 e. The molecule has 7 heteroatoms. The van der Waals surface area contributed by atoms with Gasteiger partial charge in [0.1, 0.15) is 23.7 Å². The summed E-state index contributed by atoms with van der Waals surface area (Å²) in [6.45, 7) is 1.80. The number of benzene rings is 3. The van der Waals surface area contributed by atoms with Crippen molar-refractivity contribution in [2.24, 2.45) is 0 Å². The smallest absolute Gasteiger partial charge is 0.255 e. The fourth-order valence-electron chi connectivity index (χ4n) is 3.37. The number of amides is 1. The molecule has 0 aliphatic heterocycles. The highest BCUT2D eigenvalue weighted by molar-refractivity contribution is 6.06. The fraction of sp³-hybridized carbons (Fsp3) is 0.0400. The first-order valence-electron chi connectivity index (χ1n) is 10.1. The van der Waals surface area contributed by atoms with Crippen molar-refractivity contribution in [2.45, 2.75) is 6.92 Å². The van der Waals surface area contributed by atoms with Gasteiger partial charge in [-0.3, -0.25) is 9.36 Å². The Kier molecular flexibility index (Phi) is 5.05. The van der Waals surface area contributed by atoms with Crippen LogP contribution in [0.15, 0.2) is 91.5 Å². The van der Waals surface area contributed by atoms with E-state index in [2.05, 4.69) is 20.3 Å². The molecule has 0 radical (unpaired) electrons. The minimum absolute atomic E-state index is 0.166. The Bertz CT molecular complexity index is 1400. The predicted molar refractivity (Wildman–Crippen MR) is 122 cm³/mol. The number of aromatic nitrogens is 4. The van der Waals surface area contributed by atoms with E-state index in [1.807, 2.05) is 42.5 Å². The molecule has 1 N–H and O–H groups in total. The van der Waals surface area contributed by atoms with E-state index >= 15 is 0 Å². The van der Waals surface area contributed by atoms with Crippen LogP contribution in [0.5, 0.6) is 11.6 Å². The molecule has 0 saturated heterocycles. The summed E-state index contributed by atoms with van der Waals surface area (Å²) in [5, 5.41) is 5.05. The number of carbonyl (C=O) groups is 1. The van der Waals surface area contributed by atoms with Crippen LogP contribution in [0.2, 0.25) is 0 Å². The lowest BCUT2D eigenvalue weighted by Gasteiger charge is -2.10. The molecule has 0 unspecified atom stereocenters. The minimum Gasteiger partial charge on any atom is -0.439 e. The molecule has 2 aromatic heterocycles. The van der Waals surface area contributed by atoms with Crippen LogP contribution < -0.4 is 10.1 Å². The van der Waals surface area contributed by atoms with Crippen LogP contribution in [0.25, 0.3) is 16.6 Å². The SMILES string of the molecule is Cc1nc(Oc2ccc(NC(=O)c3ccc4ccccc4c3)cc2)cc(-n2ccnc2)n1. The highest BCUT2D eigenvalue weighted by Gasteiger charge is 2.09. The number of anilines is 1. The molecule has 32 heavy (non-hydrogen) atoms. The first-order chi connectivity index (χ1) is 15.6. The van der Waals surface area contributed by atoms with Crippen molar-refractivity contribution < 1.29 is 9.53 Å². The second-order valence-electron chi connectivity index (χ2n) is 7.22. The molecule has 0 aliphatic carbocycles. The molecule has 0 spiro atoms. The summed E-state index contributed by atoms with van der Waals surface area (Å²) in [5.41, 5.74) is 1.28. The number of aryl methyl sites for hydroxylation is 1. The monoisotopic (exact) mass is 421 g/mol. The van der Waals surface area contributed by atoms with E-state index < -0.39 is 0 Å². The molecule has 0 saturated carbocycles. The van der Waals surface area contributed by atoms with Crippen molar-refractivity contribution in [3.05, 3.63) is 103 Å². The lowest BCUT2D eigenvalue weighted by molar-refractivity contribution is 0.102. The van der Waals surface area contributed by atoms with Gasteiger partial charge < -0.3 is 10.1 Å². The van der Waals surface area contributed by atoms with Gasteiger partial charge in [-0.25, -0.2) is 9.97 Å². The topological polar surface area (TPSA) is 81.9 Å². The molecular formula is C25H19N5O2. The highest BCUT2D eigenvalue weighted by Crippen LogP contribution is 2.24. The third-order valence-corrected chi connectivity index (χ3v) is 4.92. The zero-order valence-corrected chi connectivity index (χ0v) is 17.3. The van der Waals surface area contributed by atoms with Gasteiger partial charge in [0.2, 0.25) is 5.88 Å². The van der Waals surface area contributed by atoms with E-state index in [1.54, 1.807) is 60.5 Å². The lowest BCUT2D eigenvalue weighted by atomic mass is 10.1.